The second-order valence-corrected chi connectivity index (χ2v) is 6.80. The summed E-state index contributed by atoms with van der Waals surface area (Å²) in [5.41, 5.74) is 5.07. The first-order valence-electron chi connectivity index (χ1n) is 8.24. The Morgan fingerprint density at radius 2 is 1.33 bits per heavy atom. The molecule has 1 N–H and O–H groups in total. The number of nitrogens with zero attached hydrogens (tertiary/aromatic N) is 2. The monoisotopic (exact) mass is 312 g/mol. The van der Waals surface area contributed by atoms with E-state index in [1.54, 1.807) is 0 Å². The number of aromatic nitrogens is 2. The lowest BCUT2D eigenvalue weighted by Crippen LogP contribution is -2.27. The molecule has 3 aliphatic carbocycles. The van der Waals surface area contributed by atoms with Crippen molar-refractivity contribution in [3.8, 4) is 12.3 Å². The number of fused-ring (bicyclic) bond motifs is 3. The highest BCUT2D eigenvalue weighted by Gasteiger charge is 2.46. The molecule has 0 amide bonds. The Bertz CT molecular complexity index is 946. The molecule has 3 nitrogen and oxygen atoms in total. The van der Waals surface area contributed by atoms with Crippen molar-refractivity contribution in [3.63, 3.8) is 0 Å². The molecule has 1 heterocycles. The third-order valence-corrected chi connectivity index (χ3v) is 5.39. The fourth-order valence-electron chi connectivity index (χ4n) is 4.27. The van der Waals surface area contributed by atoms with Crippen molar-refractivity contribution in [2.75, 3.05) is 0 Å². The normalized spacial score (nSPS) is 27.2. The number of hydrogen-bond acceptors (Lipinski definition) is 3. The minimum absolute atomic E-state index is 0.00638. The highest BCUT2D eigenvalue weighted by molar-refractivity contribution is 5.75. The van der Waals surface area contributed by atoms with Gasteiger partial charge in [0.2, 0.25) is 0 Å². The van der Waals surface area contributed by atoms with Crippen LogP contribution in [0.5, 0.6) is 0 Å². The zero-order valence-corrected chi connectivity index (χ0v) is 13.1. The van der Waals surface area contributed by atoms with Crippen molar-refractivity contribution in [1.29, 1.82) is 0 Å². The molecule has 2 aromatic carbocycles. The van der Waals surface area contributed by atoms with E-state index >= 15 is 0 Å². The largest absolute Gasteiger partial charge is 0.378 e. The van der Waals surface area contributed by atoms with E-state index in [1.807, 2.05) is 36.4 Å². The van der Waals surface area contributed by atoms with Gasteiger partial charge >= 0.3 is 0 Å². The Hall–Kier alpha value is -2.70. The quantitative estimate of drug-likeness (QED) is 0.647. The van der Waals surface area contributed by atoms with Crippen LogP contribution >= 0.6 is 0 Å². The van der Waals surface area contributed by atoms with E-state index in [9.17, 15) is 5.11 Å². The summed E-state index contributed by atoms with van der Waals surface area (Å²) >= 11 is 0. The maximum Gasteiger partial charge on any atom is 0.127 e. The molecule has 116 valence electrons. The first-order chi connectivity index (χ1) is 11.7. The van der Waals surface area contributed by atoms with E-state index in [4.69, 9.17) is 16.4 Å². The minimum atomic E-state index is -1.12. The number of rotatable bonds is 0. The molecular formula is C21H16N2O. The van der Waals surface area contributed by atoms with E-state index in [-0.39, 0.29) is 11.8 Å². The van der Waals surface area contributed by atoms with Crippen LogP contribution in [0.3, 0.4) is 0 Å². The van der Waals surface area contributed by atoms with Crippen molar-refractivity contribution in [1.82, 2.24) is 9.97 Å². The zero-order valence-electron chi connectivity index (χ0n) is 13.1. The van der Waals surface area contributed by atoms with E-state index in [2.05, 4.69) is 18.1 Å². The fraction of sp³-hybridized carbons (Fsp3) is 0.238. The average molecular weight is 312 g/mol. The Labute approximate surface area is 140 Å². The van der Waals surface area contributed by atoms with Crippen LogP contribution in [0.25, 0.3) is 11.0 Å². The van der Waals surface area contributed by atoms with Crippen LogP contribution in [0.4, 0.5) is 0 Å². The number of para-hydroxylation sites is 2. The summed E-state index contributed by atoms with van der Waals surface area (Å²) in [5, 5.41) is 10.9. The molecule has 6 rings (SSSR count). The SMILES string of the molecule is C#CC1(O)CC2c3ccccc3C(C1)c1nc3ccccc3nc12. The van der Waals surface area contributed by atoms with Gasteiger partial charge in [-0.1, -0.05) is 42.3 Å². The van der Waals surface area contributed by atoms with E-state index < -0.39 is 5.60 Å². The topological polar surface area (TPSA) is 46.0 Å². The van der Waals surface area contributed by atoms with Crippen LogP contribution in [-0.4, -0.2) is 20.7 Å². The first-order valence-corrected chi connectivity index (χ1v) is 8.24. The number of terminal acetylenes is 1. The molecule has 2 bridgehead atoms. The lowest BCUT2D eigenvalue weighted by molar-refractivity contribution is 0.0804. The van der Waals surface area contributed by atoms with Crippen LogP contribution in [0.15, 0.2) is 48.5 Å². The van der Waals surface area contributed by atoms with Gasteiger partial charge in [-0.25, -0.2) is 9.97 Å². The summed E-state index contributed by atoms with van der Waals surface area (Å²) in [4.78, 5) is 9.83. The van der Waals surface area contributed by atoms with Gasteiger partial charge < -0.3 is 5.11 Å². The maximum absolute atomic E-state index is 10.9. The molecule has 1 aromatic heterocycles. The molecule has 2 atom stereocenters. The lowest BCUT2D eigenvalue weighted by atomic mass is 9.78. The average Bonchev–Trinajstić information content (AvgIpc) is 2.84. The molecule has 2 unspecified atom stereocenters. The van der Waals surface area contributed by atoms with Crippen LogP contribution in [0.2, 0.25) is 0 Å². The first kappa shape index (κ1) is 13.7. The summed E-state index contributed by atoms with van der Waals surface area (Å²) in [7, 11) is 0. The zero-order chi connectivity index (χ0) is 16.3. The molecule has 0 fully saturated rings. The lowest BCUT2D eigenvalue weighted by Gasteiger charge is -2.28. The Morgan fingerprint density at radius 1 is 0.875 bits per heavy atom. The number of aliphatic hydroxyl groups is 1. The van der Waals surface area contributed by atoms with Crippen LogP contribution in [-0.2, 0) is 0 Å². The van der Waals surface area contributed by atoms with Gasteiger partial charge in [0, 0.05) is 11.8 Å². The molecule has 3 aliphatic rings. The summed E-state index contributed by atoms with van der Waals surface area (Å²) in [6.45, 7) is 0. The highest BCUT2D eigenvalue weighted by Crippen LogP contribution is 2.52. The number of hydrogen-bond donors (Lipinski definition) is 1. The Kier molecular flexibility index (Phi) is 2.66. The second kappa shape index (κ2) is 4.66. The van der Waals surface area contributed by atoms with Crippen LogP contribution in [0.1, 0.15) is 47.2 Å². The van der Waals surface area contributed by atoms with Crippen molar-refractivity contribution >= 4 is 11.0 Å². The summed E-state index contributed by atoms with van der Waals surface area (Å²) in [5.74, 6) is 2.62. The standard InChI is InChI=1S/C21H16N2O/c1-2-21(24)11-15-13-7-3-4-8-14(13)16(12-21)20-19(15)22-17-9-5-6-10-18(17)23-20/h1,3-10,15-16,24H,11-12H2. The minimum Gasteiger partial charge on any atom is -0.378 e. The van der Waals surface area contributed by atoms with Crippen molar-refractivity contribution in [2.45, 2.75) is 30.3 Å². The molecule has 0 aliphatic heterocycles. The third-order valence-electron chi connectivity index (χ3n) is 5.39. The second-order valence-electron chi connectivity index (χ2n) is 6.80. The van der Waals surface area contributed by atoms with Gasteiger partial charge in [-0.05, 0) is 36.1 Å². The van der Waals surface area contributed by atoms with E-state index in [1.165, 1.54) is 11.1 Å². The van der Waals surface area contributed by atoms with Gasteiger partial charge in [0.05, 0.1) is 22.4 Å². The molecule has 0 spiro atoms. The van der Waals surface area contributed by atoms with Crippen molar-refractivity contribution in [3.05, 3.63) is 71.0 Å². The van der Waals surface area contributed by atoms with Gasteiger partial charge in [0.25, 0.3) is 0 Å². The predicted molar refractivity (Wildman–Crippen MR) is 92.7 cm³/mol. The Morgan fingerprint density at radius 3 is 1.79 bits per heavy atom. The number of benzene rings is 2. The molecule has 0 radical (unpaired) electrons. The molecule has 0 saturated carbocycles. The van der Waals surface area contributed by atoms with E-state index in [0.29, 0.717) is 12.8 Å². The summed E-state index contributed by atoms with van der Waals surface area (Å²) in [6.07, 6.45) is 6.68. The molecule has 24 heavy (non-hydrogen) atoms. The smallest absolute Gasteiger partial charge is 0.127 e. The van der Waals surface area contributed by atoms with Gasteiger partial charge in [0.15, 0.2) is 0 Å². The molecule has 3 heteroatoms. The summed E-state index contributed by atoms with van der Waals surface area (Å²) in [6, 6.07) is 16.3. The third kappa shape index (κ3) is 1.78. The van der Waals surface area contributed by atoms with Crippen molar-refractivity contribution in [2.24, 2.45) is 0 Å². The summed E-state index contributed by atoms with van der Waals surface area (Å²) < 4.78 is 0. The van der Waals surface area contributed by atoms with Crippen molar-refractivity contribution < 1.29 is 5.11 Å². The van der Waals surface area contributed by atoms with E-state index in [0.717, 1.165) is 22.4 Å². The molecular weight excluding hydrogens is 296 g/mol. The van der Waals surface area contributed by atoms with Crippen LogP contribution < -0.4 is 0 Å². The van der Waals surface area contributed by atoms with Gasteiger partial charge in [-0.2, -0.15) is 0 Å². The Balaban J connectivity index is 1.84. The molecule has 0 saturated heterocycles. The predicted octanol–water partition coefficient (Wildman–Crippen LogP) is 3.37. The highest BCUT2D eigenvalue weighted by atomic mass is 16.3. The maximum atomic E-state index is 10.9. The van der Waals surface area contributed by atoms with Gasteiger partial charge in [-0.15, -0.1) is 6.42 Å². The fourth-order valence-corrected chi connectivity index (χ4v) is 4.27. The molecule has 3 aromatic rings. The van der Waals surface area contributed by atoms with Gasteiger partial charge in [-0.3, -0.25) is 0 Å². The van der Waals surface area contributed by atoms with Gasteiger partial charge in [0.1, 0.15) is 5.60 Å². The van der Waals surface area contributed by atoms with Crippen LogP contribution in [0, 0.1) is 12.3 Å².